The molecule has 0 radical (unpaired) electrons. The minimum atomic E-state index is -0.597. The lowest BCUT2D eigenvalue weighted by atomic mass is 10.1. The number of aromatic amines is 1. The average Bonchev–Trinajstić information content (AvgIpc) is 2.28. The normalized spacial score (nSPS) is 11.1. The van der Waals surface area contributed by atoms with E-state index in [9.17, 15) is 9.59 Å². The first-order valence-electron chi connectivity index (χ1n) is 5.22. The van der Waals surface area contributed by atoms with Crippen molar-refractivity contribution in [2.24, 2.45) is 0 Å². The number of hydrogen-bond donors (Lipinski definition) is 1. The third kappa shape index (κ3) is 1.38. The van der Waals surface area contributed by atoms with Crippen LogP contribution < -0.4 is 11.1 Å². The molecule has 1 aromatic carbocycles. The van der Waals surface area contributed by atoms with E-state index in [4.69, 9.17) is 4.42 Å². The van der Waals surface area contributed by atoms with Crippen LogP contribution in [0.1, 0.15) is 5.69 Å². The van der Waals surface area contributed by atoms with Crippen molar-refractivity contribution in [1.29, 1.82) is 0 Å². The molecule has 0 saturated heterocycles. The SMILES string of the molecule is Cc1cc(=O)c2c(=O)oc3ccccc3c2[nH]1. The first-order valence-corrected chi connectivity index (χ1v) is 5.22. The highest BCUT2D eigenvalue weighted by Gasteiger charge is 2.10. The van der Waals surface area contributed by atoms with Crippen molar-refractivity contribution in [2.75, 3.05) is 0 Å². The first kappa shape index (κ1) is 9.84. The molecule has 0 fully saturated rings. The number of pyridine rings is 1. The van der Waals surface area contributed by atoms with Gasteiger partial charge in [0, 0.05) is 17.1 Å². The molecule has 0 unspecified atom stereocenters. The van der Waals surface area contributed by atoms with E-state index in [1.54, 1.807) is 19.1 Å². The summed E-state index contributed by atoms with van der Waals surface area (Å²) in [6.45, 7) is 1.78. The van der Waals surface area contributed by atoms with E-state index in [0.29, 0.717) is 11.1 Å². The predicted molar refractivity (Wildman–Crippen MR) is 65.3 cm³/mol. The molecule has 0 saturated carbocycles. The van der Waals surface area contributed by atoms with E-state index in [-0.39, 0.29) is 10.8 Å². The Kier molecular flexibility index (Phi) is 1.92. The molecule has 0 spiro atoms. The Labute approximate surface area is 95.5 Å². The van der Waals surface area contributed by atoms with Crippen LogP contribution >= 0.6 is 0 Å². The molecule has 2 heterocycles. The monoisotopic (exact) mass is 227 g/mol. The van der Waals surface area contributed by atoms with E-state index in [2.05, 4.69) is 4.98 Å². The maximum Gasteiger partial charge on any atom is 0.349 e. The summed E-state index contributed by atoms with van der Waals surface area (Å²) in [5.41, 5.74) is 0.835. The number of hydrogen-bond acceptors (Lipinski definition) is 3. The van der Waals surface area contributed by atoms with Crippen molar-refractivity contribution in [3.8, 4) is 0 Å². The maximum atomic E-state index is 11.8. The second-order valence-electron chi connectivity index (χ2n) is 3.95. The van der Waals surface area contributed by atoms with Gasteiger partial charge >= 0.3 is 5.63 Å². The van der Waals surface area contributed by atoms with Gasteiger partial charge < -0.3 is 9.40 Å². The highest BCUT2D eigenvalue weighted by Crippen LogP contribution is 2.18. The molecule has 0 bridgehead atoms. The fraction of sp³-hybridized carbons (Fsp3) is 0.0769. The second kappa shape index (κ2) is 3.31. The number of H-pyrrole nitrogens is 1. The number of aromatic nitrogens is 1. The Balaban J connectivity index is 2.75. The van der Waals surface area contributed by atoms with Crippen molar-refractivity contribution in [1.82, 2.24) is 4.98 Å². The van der Waals surface area contributed by atoms with E-state index in [1.165, 1.54) is 6.07 Å². The Morgan fingerprint density at radius 2 is 1.94 bits per heavy atom. The fourth-order valence-electron chi connectivity index (χ4n) is 2.01. The zero-order valence-corrected chi connectivity index (χ0v) is 9.11. The van der Waals surface area contributed by atoms with E-state index >= 15 is 0 Å². The van der Waals surface area contributed by atoms with Gasteiger partial charge in [-0.2, -0.15) is 0 Å². The topological polar surface area (TPSA) is 63.1 Å². The largest absolute Gasteiger partial charge is 0.422 e. The maximum absolute atomic E-state index is 11.8. The summed E-state index contributed by atoms with van der Waals surface area (Å²) in [7, 11) is 0. The quantitative estimate of drug-likeness (QED) is 0.471. The highest BCUT2D eigenvalue weighted by molar-refractivity contribution is 6.01. The van der Waals surface area contributed by atoms with Gasteiger partial charge in [0.05, 0.1) is 5.52 Å². The lowest BCUT2D eigenvalue weighted by molar-refractivity contribution is 0.569. The van der Waals surface area contributed by atoms with Gasteiger partial charge in [0.15, 0.2) is 5.43 Å². The van der Waals surface area contributed by atoms with Gasteiger partial charge in [-0.05, 0) is 19.1 Å². The Bertz CT molecular complexity index is 843. The van der Waals surface area contributed by atoms with Crippen LogP contribution in [0.5, 0.6) is 0 Å². The highest BCUT2D eigenvalue weighted by atomic mass is 16.4. The number of rotatable bonds is 0. The number of aryl methyl sites for hydroxylation is 1. The molecule has 0 amide bonds. The summed E-state index contributed by atoms with van der Waals surface area (Å²) in [5.74, 6) is 0. The van der Waals surface area contributed by atoms with Crippen LogP contribution in [0, 0.1) is 6.92 Å². The van der Waals surface area contributed by atoms with Crippen molar-refractivity contribution in [3.63, 3.8) is 0 Å². The van der Waals surface area contributed by atoms with Crippen LogP contribution in [0.3, 0.4) is 0 Å². The standard InChI is InChI=1S/C13H9NO3/c1-7-6-9(15)11-12(14-7)8-4-2-3-5-10(8)17-13(11)16/h2-6H,1H3,(H,14,15). The third-order valence-electron chi connectivity index (χ3n) is 2.73. The molecule has 4 heteroatoms. The minimum absolute atomic E-state index is 0.0781. The molecule has 0 aliphatic rings. The van der Waals surface area contributed by atoms with E-state index < -0.39 is 5.63 Å². The van der Waals surface area contributed by atoms with Crippen molar-refractivity contribution in [2.45, 2.75) is 6.92 Å². The smallest absolute Gasteiger partial charge is 0.349 e. The summed E-state index contributed by atoms with van der Waals surface area (Å²) in [4.78, 5) is 26.6. The third-order valence-corrected chi connectivity index (χ3v) is 2.73. The van der Waals surface area contributed by atoms with Gasteiger partial charge in [0.2, 0.25) is 0 Å². The van der Waals surface area contributed by atoms with Crippen LogP contribution in [-0.4, -0.2) is 4.98 Å². The zero-order valence-electron chi connectivity index (χ0n) is 9.11. The van der Waals surface area contributed by atoms with E-state index in [1.807, 2.05) is 12.1 Å². The summed E-state index contributed by atoms with van der Waals surface area (Å²) in [6, 6.07) is 8.54. The summed E-state index contributed by atoms with van der Waals surface area (Å²) in [5, 5.41) is 0.817. The van der Waals surface area contributed by atoms with Crippen LogP contribution in [0.2, 0.25) is 0 Å². The number of benzene rings is 1. The molecule has 17 heavy (non-hydrogen) atoms. The van der Waals surface area contributed by atoms with Crippen LogP contribution in [-0.2, 0) is 0 Å². The average molecular weight is 227 g/mol. The van der Waals surface area contributed by atoms with Crippen LogP contribution in [0.25, 0.3) is 21.9 Å². The molecule has 3 aromatic rings. The Morgan fingerprint density at radius 3 is 2.76 bits per heavy atom. The van der Waals surface area contributed by atoms with Gasteiger partial charge in [-0.25, -0.2) is 4.79 Å². The van der Waals surface area contributed by atoms with Gasteiger partial charge in [-0.1, -0.05) is 12.1 Å². The molecule has 4 nitrogen and oxygen atoms in total. The molecule has 0 aliphatic heterocycles. The molecule has 1 N–H and O–H groups in total. The number of nitrogens with one attached hydrogen (secondary N) is 1. The summed E-state index contributed by atoms with van der Waals surface area (Å²) in [6.07, 6.45) is 0. The predicted octanol–water partition coefficient (Wildman–Crippen LogP) is 1.94. The van der Waals surface area contributed by atoms with Crippen molar-refractivity contribution < 1.29 is 4.42 Å². The minimum Gasteiger partial charge on any atom is -0.422 e. The van der Waals surface area contributed by atoms with Gasteiger partial charge in [0.1, 0.15) is 11.0 Å². The van der Waals surface area contributed by atoms with Crippen LogP contribution in [0.15, 0.2) is 44.3 Å². The lowest BCUT2D eigenvalue weighted by Gasteiger charge is -2.02. The summed E-state index contributed by atoms with van der Waals surface area (Å²) < 4.78 is 5.12. The molecule has 3 rings (SSSR count). The van der Waals surface area contributed by atoms with Crippen molar-refractivity contribution in [3.05, 3.63) is 56.7 Å². The van der Waals surface area contributed by atoms with E-state index in [0.717, 1.165) is 11.1 Å². The molecule has 84 valence electrons. The van der Waals surface area contributed by atoms with Gasteiger partial charge in [0.25, 0.3) is 0 Å². The first-order chi connectivity index (χ1) is 8.16. The molecule has 2 aromatic heterocycles. The Morgan fingerprint density at radius 1 is 1.18 bits per heavy atom. The van der Waals surface area contributed by atoms with Gasteiger partial charge in [-0.3, -0.25) is 4.79 Å². The summed E-state index contributed by atoms with van der Waals surface area (Å²) >= 11 is 0. The van der Waals surface area contributed by atoms with Crippen molar-refractivity contribution >= 4 is 21.9 Å². The molecule has 0 aliphatic carbocycles. The number of fused-ring (bicyclic) bond motifs is 3. The van der Waals surface area contributed by atoms with Crippen LogP contribution in [0.4, 0.5) is 0 Å². The Hall–Kier alpha value is -2.36. The number of para-hydroxylation sites is 1. The van der Waals surface area contributed by atoms with Gasteiger partial charge in [-0.15, -0.1) is 0 Å². The molecular weight excluding hydrogens is 218 g/mol. The zero-order chi connectivity index (χ0) is 12.0. The second-order valence-corrected chi connectivity index (χ2v) is 3.95. The molecular formula is C13H9NO3. The fourth-order valence-corrected chi connectivity index (χ4v) is 2.01. The molecule has 0 atom stereocenters. The lowest BCUT2D eigenvalue weighted by Crippen LogP contribution is -2.13.